The molecular formula is C16H24N4O3S2. The molecule has 7 nitrogen and oxygen atoms in total. The molecule has 0 radical (unpaired) electrons. The van der Waals surface area contributed by atoms with E-state index >= 15 is 0 Å². The molecule has 1 saturated carbocycles. The number of nitrogen functional groups attached to an aromatic ring is 1. The number of anilines is 1. The van der Waals surface area contributed by atoms with Gasteiger partial charge < -0.3 is 15.4 Å². The second-order valence-corrected chi connectivity index (χ2v) is 10.3. The van der Waals surface area contributed by atoms with Gasteiger partial charge in [-0.05, 0) is 30.1 Å². The van der Waals surface area contributed by atoms with E-state index in [9.17, 15) is 9.59 Å². The number of nitrogens with zero attached hydrogens (tertiary/aromatic N) is 3. The first-order valence-corrected chi connectivity index (χ1v) is 10.1. The van der Waals surface area contributed by atoms with E-state index in [0.717, 1.165) is 25.8 Å². The topological polar surface area (TPSA) is 98.4 Å². The third kappa shape index (κ3) is 4.44. The van der Waals surface area contributed by atoms with Crippen LogP contribution in [0.3, 0.4) is 0 Å². The lowest BCUT2D eigenvalue weighted by atomic mass is 9.65. The molecule has 2 aliphatic rings. The smallest absolute Gasteiger partial charge is 0.316 e. The minimum Gasteiger partial charge on any atom is -0.455 e. The maximum atomic E-state index is 12.5. The van der Waals surface area contributed by atoms with Crippen LogP contribution in [-0.4, -0.2) is 51.9 Å². The van der Waals surface area contributed by atoms with Crippen LogP contribution in [0.15, 0.2) is 4.34 Å². The molecule has 1 saturated heterocycles. The normalized spacial score (nSPS) is 27.3. The molecule has 0 aromatic carbocycles. The summed E-state index contributed by atoms with van der Waals surface area (Å²) in [5.74, 6) is -0.429. The highest BCUT2D eigenvalue weighted by Gasteiger charge is 2.50. The van der Waals surface area contributed by atoms with Gasteiger partial charge in [0.15, 0.2) is 10.9 Å². The molecule has 3 rings (SSSR count). The molecule has 138 valence electrons. The summed E-state index contributed by atoms with van der Waals surface area (Å²) >= 11 is 2.43. The SMILES string of the molecule is CC1(C)CC2CC(C)(CN2C(=O)COC(=O)CSc2nnc(N)s2)C1. The zero-order chi connectivity index (χ0) is 18.2. The fourth-order valence-electron chi connectivity index (χ4n) is 4.42. The van der Waals surface area contributed by atoms with E-state index in [4.69, 9.17) is 10.5 Å². The van der Waals surface area contributed by atoms with E-state index in [1.165, 1.54) is 23.1 Å². The number of ether oxygens (including phenoxy) is 1. The van der Waals surface area contributed by atoms with Gasteiger partial charge in [-0.2, -0.15) is 0 Å². The molecule has 1 aromatic heterocycles. The Morgan fingerprint density at radius 2 is 2.12 bits per heavy atom. The Bertz CT molecular complexity index is 678. The van der Waals surface area contributed by atoms with Gasteiger partial charge in [0.1, 0.15) is 0 Å². The maximum Gasteiger partial charge on any atom is 0.316 e. The lowest BCUT2D eigenvalue weighted by Crippen LogP contribution is -2.40. The second-order valence-electron chi connectivity index (χ2n) is 8.09. The number of rotatable bonds is 5. The average molecular weight is 385 g/mol. The van der Waals surface area contributed by atoms with Crippen molar-refractivity contribution in [1.29, 1.82) is 0 Å². The van der Waals surface area contributed by atoms with Crippen LogP contribution in [0.4, 0.5) is 5.13 Å². The largest absolute Gasteiger partial charge is 0.455 e. The third-order valence-corrected chi connectivity index (χ3v) is 6.69. The van der Waals surface area contributed by atoms with Crippen molar-refractivity contribution in [2.75, 3.05) is 24.6 Å². The first kappa shape index (κ1) is 18.4. The summed E-state index contributed by atoms with van der Waals surface area (Å²) in [6.45, 7) is 7.36. The van der Waals surface area contributed by atoms with Gasteiger partial charge in [-0.15, -0.1) is 10.2 Å². The molecule has 2 fully saturated rings. The maximum absolute atomic E-state index is 12.5. The molecule has 0 spiro atoms. The summed E-state index contributed by atoms with van der Waals surface area (Å²) < 4.78 is 5.77. The Balaban J connectivity index is 1.47. The van der Waals surface area contributed by atoms with E-state index in [2.05, 4.69) is 31.0 Å². The molecule has 9 heteroatoms. The molecule has 1 amide bonds. The van der Waals surface area contributed by atoms with Gasteiger partial charge in [-0.1, -0.05) is 43.9 Å². The van der Waals surface area contributed by atoms with E-state index in [0.29, 0.717) is 9.47 Å². The zero-order valence-corrected chi connectivity index (χ0v) is 16.4. The third-order valence-electron chi connectivity index (χ3n) is 4.83. The molecule has 2 heterocycles. The van der Waals surface area contributed by atoms with Crippen LogP contribution in [-0.2, 0) is 14.3 Å². The van der Waals surface area contributed by atoms with Crippen LogP contribution in [0.1, 0.15) is 40.0 Å². The summed E-state index contributed by atoms with van der Waals surface area (Å²) in [5.41, 5.74) is 5.92. The summed E-state index contributed by atoms with van der Waals surface area (Å²) in [5, 5.41) is 7.87. The van der Waals surface area contributed by atoms with E-state index in [1.54, 1.807) is 0 Å². The number of likely N-dealkylation sites (tertiary alicyclic amines) is 1. The van der Waals surface area contributed by atoms with Gasteiger partial charge in [-0.25, -0.2) is 0 Å². The summed E-state index contributed by atoms with van der Waals surface area (Å²) in [6, 6.07) is 0.263. The number of carbonyl (C=O) groups is 2. The van der Waals surface area contributed by atoms with Crippen molar-refractivity contribution >= 4 is 40.1 Å². The minimum atomic E-state index is -0.430. The standard InChI is InChI=1S/C16H24N4O3S2/c1-15(2)4-10-5-16(3,8-15)9-20(10)11(21)6-23-12(22)7-24-14-19-18-13(17)25-14/h10H,4-9H2,1-3H3,(H2,17,18). The van der Waals surface area contributed by atoms with E-state index in [1.807, 2.05) is 4.90 Å². The zero-order valence-electron chi connectivity index (χ0n) is 14.8. The number of nitrogens with two attached hydrogens (primary N) is 1. The fraction of sp³-hybridized carbons (Fsp3) is 0.750. The van der Waals surface area contributed by atoms with Crippen LogP contribution in [0.25, 0.3) is 0 Å². The van der Waals surface area contributed by atoms with Gasteiger partial charge in [-0.3, -0.25) is 9.59 Å². The quantitative estimate of drug-likeness (QED) is 0.613. The first-order valence-electron chi connectivity index (χ1n) is 8.33. The number of carbonyl (C=O) groups excluding carboxylic acids is 2. The Hall–Kier alpha value is -1.35. The minimum absolute atomic E-state index is 0.0927. The van der Waals surface area contributed by atoms with Crippen molar-refractivity contribution in [1.82, 2.24) is 15.1 Å². The number of fused-ring (bicyclic) bond motifs is 2. The highest BCUT2D eigenvalue weighted by atomic mass is 32.2. The lowest BCUT2D eigenvalue weighted by Gasteiger charge is -2.39. The van der Waals surface area contributed by atoms with Crippen molar-refractivity contribution in [2.45, 2.75) is 50.4 Å². The van der Waals surface area contributed by atoms with Gasteiger partial charge in [0.05, 0.1) is 5.75 Å². The number of aromatic nitrogens is 2. The van der Waals surface area contributed by atoms with E-state index in [-0.39, 0.29) is 35.1 Å². The van der Waals surface area contributed by atoms with Crippen molar-refractivity contribution in [3.05, 3.63) is 0 Å². The van der Waals surface area contributed by atoms with Crippen molar-refractivity contribution in [2.24, 2.45) is 10.8 Å². The van der Waals surface area contributed by atoms with Gasteiger partial charge in [0.2, 0.25) is 5.13 Å². The molecule has 1 aromatic rings. The number of hydrogen-bond donors (Lipinski definition) is 1. The second kappa shape index (κ2) is 6.75. The summed E-state index contributed by atoms with van der Waals surface area (Å²) in [7, 11) is 0. The van der Waals surface area contributed by atoms with Crippen molar-refractivity contribution in [3.8, 4) is 0 Å². The Morgan fingerprint density at radius 1 is 1.36 bits per heavy atom. The molecule has 1 aliphatic carbocycles. The van der Waals surface area contributed by atoms with Gasteiger partial charge in [0.25, 0.3) is 5.91 Å². The Kier molecular flexibility index (Phi) is 4.98. The first-order chi connectivity index (χ1) is 11.7. The lowest BCUT2D eigenvalue weighted by molar-refractivity contribution is -0.150. The molecule has 2 unspecified atom stereocenters. The molecule has 1 aliphatic heterocycles. The number of esters is 1. The van der Waals surface area contributed by atoms with Gasteiger partial charge in [0, 0.05) is 12.6 Å². The average Bonchev–Trinajstić information content (AvgIpc) is 3.02. The van der Waals surface area contributed by atoms with Crippen LogP contribution in [0.5, 0.6) is 0 Å². The summed E-state index contributed by atoms with van der Waals surface area (Å²) in [4.78, 5) is 26.3. The van der Waals surface area contributed by atoms with Crippen molar-refractivity contribution < 1.29 is 14.3 Å². The van der Waals surface area contributed by atoms with Crippen molar-refractivity contribution in [3.63, 3.8) is 0 Å². The van der Waals surface area contributed by atoms with Crippen LogP contribution >= 0.6 is 23.1 Å². The number of thioether (sulfide) groups is 1. The Morgan fingerprint density at radius 3 is 2.80 bits per heavy atom. The van der Waals surface area contributed by atoms with Crippen LogP contribution in [0, 0.1) is 10.8 Å². The van der Waals surface area contributed by atoms with Gasteiger partial charge >= 0.3 is 5.97 Å². The predicted octanol–water partition coefficient (Wildman–Crippen LogP) is 2.18. The highest BCUT2D eigenvalue weighted by molar-refractivity contribution is 8.01. The molecular weight excluding hydrogens is 360 g/mol. The number of amides is 1. The Labute approximate surface area is 155 Å². The molecule has 2 bridgehead atoms. The molecule has 2 N–H and O–H groups in total. The molecule has 25 heavy (non-hydrogen) atoms. The van der Waals surface area contributed by atoms with E-state index < -0.39 is 5.97 Å². The number of hydrogen-bond acceptors (Lipinski definition) is 8. The van der Waals surface area contributed by atoms with Crippen LogP contribution in [0.2, 0.25) is 0 Å². The summed E-state index contributed by atoms with van der Waals surface area (Å²) in [6.07, 6.45) is 3.18. The predicted molar refractivity (Wildman–Crippen MR) is 97.2 cm³/mol. The van der Waals surface area contributed by atoms with Crippen LogP contribution < -0.4 is 5.73 Å². The monoisotopic (exact) mass is 384 g/mol. The fourth-order valence-corrected chi connectivity index (χ4v) is 5.85. The highest BCUT2D eigenvalue weighted by Crippen LogP contribution is 2.52. The molecule has 2 atom stereocenters.